The normalized spacial score (nSPS) is 10.6. The van der Waals surface area contributed by atoms with Gasteiger partial charge in [0, 0.05) is 34.5 Å². The van der Waals surface area contributed by atoms with E-state index in [0.717, 1.165) is 12.1 Å². The predicted octanol–water partition coefficient (Wildman–Crippen LogP) is 3.75. The minimum atomic E-state index is -0.490. The number of amides is 3. The minimum Gasteiger partial charge on any atom is -0.337 e. The molecule has 9 heteroatoms. The number of thiophene rings is 1. The van der Waals surface area contributed by atoms with Crippen LogP contribution in [0.5, 0.6) is 0 Å². The van der Waals surface area contributed by atoms with Crippen LogP contribution in [0.4, 0.5) is 4.79 Å². The maximum absolute atomic E-state index is 12.0. The van der Waals surface area contributed by atoms with E-state index in [9.17, 15) is 9.59 Å². The highest BCUT2D eigenvalue weighted by Crippen LogP contribution is 2.22. The highest BCUT2D eigenvalue weighted by molar-refractivity contribution is 7.99. The number of benzene rings is 1. The van der Waals surface area contributed by atoms with Crippen LogP contribution in [0, 0.1) is 0 Å². The summed E-state index contributed by atoms with van der Waals surface area (Å²) in [6.07, 6.45) is 4.19. The van der Waals surface area contributed by atoms with Crippen LogP contribution in [0.3, 0.4) is 0 Å². The Labute approximate surface area is 169 Å². The Balaban J connectivity index is 1.45. The summed E-state index contributed by atoms with van der Waals surface area (Å²) in [7, 11) is 0. The lowest BCUT2D eigenvalue weighted by Gasteiger charge is -2.08. The Bertz CT molecular complexity index is 912. The largest absolute Gasteiger partial charge is 0.337 e. The van der Waals surface area contributed by atoms with E-state index < -0.39 is 6.03 Å². The van der Waals surface area contributed by atoms with Crippen LogP contribution in [0.1, 0.15) is 4.88 Å². The molecule has 140 valence electrons. The topological polar surface area (TPSA) is 76.0 Å². The van der Waals surface area contributed by atoms with Crippen molar-refractivity contribution in [1.82, 2.24) is 20.2 Å². The third-order valence-corrected chi connectivity index (χ3v) is 5.65. The van der Waals surface area contributed by atoms with Gasteiger partial charge in [0.15, 0.2) is 5.16 Å². The summed E-state index contributed by atoms with van der Waals surface area (Å²) in [5.41, 5.74) is 0.856. The van der Waals surface area contributed by atoms with E-state index >= 15 is 0 Å². The molecule has 27 heavy (non-hydrogen) atoms. The fraction of sp³-hybridized carbons (Fsp3) is 0.167. The number of carbonyl (C=O) groups is 2. The van der Waals surface area contributed by atoms with E-state index in [-0.39, 0.29) is 11.7 Å². The number of hydrogen-bond acceptors (Lipinski definition) is 5. The molecule has 2 N–H and O–H groups in total. The van der Waals surface area contributed by atoms with Gasteiger partial charge in [-0.15, -0.1) is 11.3 Å². The van der Waals surface area contributed by atoms with Gasteiger partial charge in [-0.05, 0) is 36.1 Å². The van der Waals surface area contributed by atoms with Crippen LogP contribution in [0.2, 0.25) is 5.02 Å². The van der Waals surface area contributed by atoms with E-state index in [2.05, 4.69) is 15.6 Å². The van der Waals surface area contributed by atoms with Crippen molar-refractivity contribution >= 4 is 46.6 Å². The second kappa shape index (κ2) is 9.59. The molecule has 0 saturated carbocycles. The Morgan fingerprint density at radius 1 is 1.26 bits per heavy atom. The van der Waals surface area contributed by atoms with Crippen molar-refractivity contribution in [2.45, 2.75) is 11.6 Å². The van der Waals surface area contributed by atoms with Crippen LogP contribution in [0.25, 0.3) is 5.69 Å². The average molecular weight is 421 g/mol. The molecule has 3 aromatic rings. The molecule has 0 spiro atoms. The zero-order valence-electron chi connectivity index (χ0n) is 14.2. The monoisotopic (exact) mass is 420 g/mol. The molecule has 0 aliphatic rings. The Morgan fingerprint density at radius 2 is 2.15 bits per heavy atom. The predicted molar refractivity (Wildman–Crippen MR) is 109 cm³/mol. The van der Waals surface area contributed by atoms with Crippen LogP contribution < -0.4 is 10.6 Å². The first-order valence-electron chi connectivity index (χ1n) is 8.14. The Kier molecular flexibility index (Phi) is 6.92. The number of hydrogen-bond donors (Lipinski definition) is 2. The summed E-state index contributed by atoms with van der Waals surface area (Å²) >= 11 is 8.91. The van der Waals surface area contributed by atoms with Crippen molar-refractivity contribution in [3.63, 3.8) is 0 Å². The highest BCUT2D eigenvalue weighted by atomic mass is 35.5. The quantitative estimate of drug-likeness (QED) is 0.571. The first kappa shape index (κ1) is 19.5. The van der Waals surface area contributed by atoms with Crippen molar-refractivity contribution in [1.29, 1.82) is 0 Å². The van der Waals surface area contributed by atoms with Gasteiger partial charge in [0.05, 0.1) is 5.75 Å². The molecule has 2 aromatic heterocycles. The summed E-state index contributed by atoms with van der Waals surface area (Å²) < 4.78 is 1.84. The first-order valence-corrected chi connectivity index (χ1v) is 10.4. The number of thioether (sulfide) groups is 1. The maximum atomic E-state index is 12.0. The number of nitrogens with one attached hydrogen (secondary N) is 2. The van der Waals surface area contributed by atoms with Gasteiger partial charge < -0.3 is 5.32 Å². The van der Waals surface area contributed by atoms with Crippen molar-refractivity contribution < 1.29 is 9.59 Å². The van der Waals surface area contributed by atoms with Gasteiger partial charge in [0.25, 0.3) is 0 Å². The van der Waals surface area contributed by atoms with E-state index in [1.165, 1.54) is 16.6 Å². The molecule has 1 aromatic carbocycles. The van der Waals surface area contributed by atoms with Crippen molar-refractivity contribution in [2.24, 2.45) is 0 Å². The number of aromatic nitrogens is 2. The molecule has 3 rings (SSSR count). The van der Waals surface area contributed by atoms with Gasteiger partial charge >= 0.3 is 6.03 Å². The molecule has 0 bridgehead atoms. The van der Waals surface area contributed by atoms with Crippen LogP contribution in [-0.4, -0.2) is 33.8 Å². The van der Waals surface area contributed by atoms with Crippen LogP contribution in [-0.2, 0) is 11.2 Å². The Hall–Kier alpha value is -2.29. The lowest BCUT2D eigenvalue weighted by atomic mass is 10.3. The van der Waals surface area contributed by atoms with E-state index in [0.29, 0.717) is 16.7 Å². The number of imide groups is 1. The molecule has 0 saturated heterocycles. The zero-order valence-corrected chi connectivity index (χ0v) is 16.6. The van der Waals surface area contributed by atoms with E-state index in [1.807, 2.05) is 40.3 Å². The molecule has 0 fully saturated rings. The number of urea groups is 1. The van der Waals surface area contributed by atoms with Gasteiger partial charge in [0.2, 0.25) is 5.91 Å². The SMILES string of the molecule is O=C(CSc1nccn1-c1cccc(Cl)c1)NC(=O)NCCc1cccs1. The molecule has 0 aliphatic heterocycles. The number of nitrogens with zero attached hydrogens (tertiary/aromatic N) is 2. The molecule has 3 amide bonds. The third-order valence-electron chi connectivity index (χ3n) is 3.52. The maximum Gasteiger partial charge on any atom is 0.321 e. The molecule has 0 atom stereocenters. The highest BCUT2D eigenvalue weighted by Gasteiger charge is 2.11. The molecule has 0 aliphatic carbocycles. The minimum absolute atomic E-state index is 0.0793. The summed E-state index contributed by atoms with van der Waals surface area (Å²) in [5, 5.41) is 8.26. The number of imidazole rings is 1. The van der Waals surface area contributed by atoms with Gasteiger partial charge in [0.1, 0.15) is 0 Å². The van der Waals surface area contributed by atoms with Crippen molar-refractivity contribution in [2.75, 3.05) is 12.3 Å². The summed E-state index contributed by atoms with van der Waals surface area (Å²) in [5.74, 6) is -0.301. The van der Waals surface area contributed by atoms with Crippen LogP contribution >= 0.6 is 34.7 Å². The van der Waals surface area contributed by atoms with Gasteiger partial charge in [-0.3, -0.25) is 14.7 Å². The van der Waals surface area contributed by atoms with Crippen molar-refractivity contribution in [3.8, 4) is 5.69 Å². The van der Waals surface area contributed by atoms with Crippen molar-refractivity contribution in [3.05, 3.63) is 64.1 Å². The fourth-order valence-electron chi connectivity index (χ4n) is 2.31. The molecule has 2 heterocycles. The third kappa shape index (κ3) is 5.85. The van der Waals surface area contributed by atoms with Gasteiger partial charge in [-0.2, -0.15) is 0 Å². The second-order valence-electron chi connectivity index (χ2n) is 5.48. The summed E-state index contributed by atoms with van der Waals surface area (Å²) in [4.78, 5) is 29.2. The number of carbonyl (C=O) groups excluding carboxylic acids is 2. The number of rotatable bonds is 7. The van der Waals surface area contributed by atoms with E-state index in [4.69, 9.17) is 11.6 Å². The van der Waals surface area contributed by atoms with Gasteiger partial charge in [-0.1, -0.05) is 35.5 Å². The molecule has 0 unspecified atom stereocenters. The standard InChI is InChI=1S/C18H17ClN4O2S2/c19-13-3-1-4-14(11-13)23-9-8-21-18(23)27-12-16(24)22-17(25)20-7-6-15-5-2-10-26-15/h1-5,8-11H,6-7,12H2,(H2,20,22,24,25). The average Bonchev–Trinajstić information content (AvgIpc) is 3.31. The zero-order chi connectivity index (χ0) is 19.1. The second-order valence-corrected chi connectivity index (χ2v) is 7.89. The molecular formula is C18H17ClN4O2S2. The first-order chi connectivity index (χ1) is 13.1. The van der Waals surface area contributed by atoms with Gasteiger partial charge in [-0.25, -0.2) is 9.78 Å². The van der Waals surface area contributed by atoms with Crippen LogP contribution in [0.15, 0.2) is 59.3 Å². The summed E-state index contributed by atoms with van der Waals surface area (Å²) in [6, 6.07) is 10.8. The smallest absolute Gasteiger partial charge is 0.321 e. The lowest BCUT2D eigenvalue weighted by Crippen LogP contribution is -2.41. The Morgan fingerprint density at radius 3 is 2.93 bits per heavy atom. The number of halogens is 1. The fourth-order valence-corrected chi connectivity index (χ4v) is 3.98. The molecule has 0 radical (unpaired) electrons. The summed E-state index contributed by atoms with van der Waals surface area (Å²) in [6.45, 7) is 0.478. The van der Waals surface area contributed by atoms with E-state index in [1.54, 1.807) is 29.8 Å². The molecule has 6 nitrogen and oxygen atoms in total. The molecular weight excluding hydrogens is 404 g/mol. The lowest BCUT2D eigenvalue weighted by molar-refractivity contribution is -0.117.